The zero-order chi connectivity index (χ0) is 9.97. The van der Waals surface area contributed by atoms with Gasteiger partial charge in [-0.1, -0.05) is 10.7 Å². The molecule has 2 nitrogen and oxygen atoms in total. The standard InChI is InChI=1S/C10H18N2S2/c13-10(14)12-8-4-7-11-6-3-1-2-5-9(11)12/h9H,1-8H2,(H,13,14)/p-1. The first-order valence-electron chi connectivity index (χ1n) is 5.51. The fraction of sp³-hybridized carbons (Fsp3) is 0.900. The Morgan fingerprint density at radius 1 is 1.07 bits per heavy atom. The van der Waals surface area contributed by atoms with Crippen LogP contribution in [0.15, 0.2) is 0 Å². The zero-order valence-electron chi connectivity index (χ0n) is 8.45. The van der Waals surface area contributed by atoms with Crippen LogP contribution in [0.4, 0.5) is 0 Å². The predicted octanol–water partition coefficient (Wildman–Crippen LogP) is 1.73. The maximum Gasteiger partial charge on any atom is 0.0805 e. The number of nitrogens with zero attached hydrogens (tertiary/aromatic N) is 2. The van der Waals surface area contributed by atoms with E-state index >= 15 is 0 Å². The van der Waals surface area contributed by atoms with Crippen molar-refractivity contribution < 1.29 is 0 Å². The topological polar surface area (TPSA) is 6.48 Å². The monoisotopic (exact) mass is 229 g/mol. The van der Waals surface area contributed by atoms with Gasteiger partial charge in [-0.25, -0.2) is 0 Å². The molecule has 0 radical (unpaired) electrons. The van der Waals surface area contributed by atoms with Crippen molar-refractivity contribution in [3.05, 3.63) is 0 Å². The second-order valence-electron chi connectivity index (χ2n) is 4.18. The van der Waals surface area contributed by atoms with E-state index < -0.39 is 0 Å². The second kappa shape index (κ2) is 4.73. The highest BCUT2D eigenvalue weighted by molar-refractivity contribution is 8.00. The van der Waals surface area contributed by atoms with Crippen LogP contribution in [0.1, 0.15) is 32.1 Å². The summed E-state index contributed by atoms with van der Waals surface area (Å²) < 4.78 is 0.668. The molecule has 2 fully saturated rings. The number of fused-ring (bicyclic) bond motifs is 1. The van der Waals surface area contributed by atoms with Gasteiger partial charge in [0.15, 0.2) is 0 Å². The van der Waals surface area contributed by atoms with Gasteiger partial charge in [-0.05, 0) is 25.7 Å². The van der Waals surface area contributed by atoms with Crippen LogP contribution in [0.25, 0.3) is 0 Å². The van der Waals surface area contributed by atoms with Crippen LogP contribution in [-0.2, 0) is 12.6 Å². The van der Waals surface area contributed by atoms with Gasteiger partial charge in [0, 0.05) is 19.6 Å². The molecule has 0 aromatic heterocycles. The summed E-state index contributed by atoms with van der Waals surface area (Å²) in [5.74, 6) is 0. The highest BCUT2D eigenvalue weighted by atomic mass is 32.1. The van der Waals surface area contributed by atoms with Crippen LogP contribution in [0, 0.1) is 0 Å². The van der Waals surface area contributed by atoms with Gasteiger partial charge in [0.2, 0.25) is 0 Å². The van der Waals surface area contributed by atoms with Crippen molar-refractivity contribution in [2.24, 2.45) is 0 Å². The molecule has 0 saturated carbocycles. The maximum absolute atomic E-state index is 5.14. The molecule has 80 valence electrons. The highest BCUT2D eigenvalue weighted by Gasteiger charge is 2.28. The summed E-state index contributed by atoms with van der Waals surface area (Å²) in [7, 11) is 0. The molecule has 0 aliphatic carbocycles. The molecule has 0 amide bonds. The Morgan fingerprint density at radius 2 is 1.86 bits per heavy atom. The first-order valence-corrected chi connectivity index (χ1v) is 6.32. The summed E-state index contributed by atoms with van der Waals surface area (Å²) in [5.41, 5.74) is 0. The Balaban J connectivity index is 2.08. The molecule has 0 aromatic carbocycles. The molecule has 2 saturated heterocycles. The SMILES string of the molecule is S=C([S-])N1CCCN2CCCCCC21. The van der Waals surface area contributed by atoms with Crippen molar-refractivity contribution in [3.8, 4) is 0 Å². The molecule has 0 N–H and O–H groups in total. The summed E-state index contributed by atoms with van der Waals surface area (Å²) >= 11 is 10.3. The zero-order valence-corrected chi connectivity index (χ0v) is 10.1. The summed E-state index contributed by atoms with van der Waals surface area (Å²) in [6.07, 6.45) is 7.02. The van der Waals surface area contributed by atoms with Gasteiger partial charge in [0.05, 0.1) is 6.17 Å². The molecule has 0 aromatic rings. The third-order valence-electron chi connectivity index (χ3n) is 3.27. The molecular formula is C10H17N2S2-. The van der Waals surface area contributed by atoms with E-state index in [-0.39, 0.29) is 0 Å². The largest absolute Gasteiger partial charge is 0.411 e. The molecule has 1 atom stereocenters. The molecule has 14 heavy (non-hydrogen) atoms. The molecule has 0 bridgehead atoms. The average molecular weight is 229 g/mol. The predicted molar refractivity (Wildman–Crippen MR) is 65.1 cm³/mol. The lowest BCUT2D eigenvalue weighted by Crippen LogP contribution is -2.54. The van der Waals surface area contributed by atoms with Crippen molar-refractivity contribution in [2.75, 3.05) is 19.6 Å². The van der Waals surface area contributed by atoms with Crippen LogP contribution in [-0.4, -0.2) is 39.9 Å². The summed E-state index contributed by atoms with van der Waals surface area (Å²) in [5, 5.41) is 0. The molecule has 1 unspecified atom stereocenters. The first kappa shape index (κ1) is 10.6. The molecule has 2 rings (SSSR count). The van der Waals surface area contributed by atoms with Gasteiger partial charge in [-0.3, -0.25) is 4.90 Å². The smallest absolute Gasteiger partial charge is 0.0805 e. The van der Waals surface area contributed by atoms with Crippen molar-refractivity contribution in [3.63, 3.8) is 0 Å². The van der Waals surface area contributed by atoms with Gasteiger partial charge >= 0.3 is 0 Å². The van der Waals surface area contributed by atoms with Gasteiger partial charge in [0.25, 0.3) is 0 Å². The van der Waals surface area contributed by atoms with E-state index in [1.54, 1.807) is 0 Å². The van der Waals surface area contributed by atoms with Crippen molar-refractivity contribution >= 4 is 29.2 Å². The number of hydrogen-bond acceptors (Lipinski definition) is 3. The molecule has 2 heterocycles. The Labute approximate surface area is 97.0 Å². The quantitative estimate of drug-likeness (QED) is 0.461. The minimum Gasteiger partial charge on any atom is -0.411 e. The fourth-order valence-corrected chi connectivity index (χ4v) is 3.00. The fourth-order valence-electron chi connectivity index (χ4n) is 2.57. The first-order chi connectivity index (χ1) is 6.79. The van der Waals surface area contributed by atoms with Gasteiger partial charge < -0.3 is 29.7 Å². The van der Waals surface area contributed by atoms with Crippen LogP contribution >= 0.6 is 12.2 Å². The number of hydrogen-bond donors (Lipinski definition) is 0. The molecule has 0 spiro atoms. The number of rotatable bonds is 0. The van der Waals surface area contributed by atoms with E-state index in [0.717, 1.165) is 6.54 Å². The van der Waals surface area contributed by atoms with Crippen molar-refractivity contribution in [1.82, 2.24) is 9.80 Å². The average Bonchev–Trinajstić information content (AvgIpc) is 2.41. The lowest BCUT2D eigenvalue weighted by Gasteiger charge is -2.46. The van der Waals surface area contributed by atoms with Crippen LogP contribution in [0.5, 0.6) is 0 Å². The van der Waals surface area contributed by atoms with E-state index in [9.17, 15) is 0 Å². The normalized spacial score (nSPS) is 29.4. The lowest BCUT2D eigenvalue weighted by atomic mass is 10.1. The lowest BCUT2D eigenvalue weighted by molar-refractivity contribution is 0.0571. The van der Waals surface area contributed by atoms with E-state index in [4.69, 9.17) is 24.8 Å². The van der Waals surface area contributed by atoms with Crippen LogP contribution in [0.3, 0.4) is 0 Å². The molecule has 4 heteroatoms. The summed E-state index contributed by atoms with van der Waals surface area (Å²) in [6, 6.07) is 0. The minimum absolute atomic E-state index is 0.524. The molecule has 2 aliphatic heterocycles. The van der Waals surface area contributed by atoms with Crippen LogP contribution < -0.4 is 0 Å². The van der Waals surface area contributed by atoms with Crippen molar-refractivity contribution in [1.29, 1.82) is 0 Å². The van der Waals surface area contributed by atoms with Gasteiger partial charge in [0.1, 0.15) is 0 Å². The van der Waals surface area contributed by atoms with E-state index in [0.29, 0.717) is 10.5 Å². The third-order valence-corrected chi connectivity index (χ3v) is 3.74. The van der Waals surface area contributed by atoms with Gasteiger partial charge in [-0.2, -0.15) is 0 Å². The third kappa shape index (κ3) is 2.18. The minimum atomic E-state index is 0.524. The molecule has 2 aliphatic rings. The van der Waals surface area contributed by atoms with E-state index in [1.165, 1.54) is 45.2 Å². The van der Waals surface area contributed by atoms with Crippen molar-refractivity contribution in [2.45, 2.75) is 38.3 Å². The Morgan fingerprint density at radius 3 is 2.64 bits per heavy atom. The second-order valence-corrected chi connectivity index (χ2v) is 5.21. The Bertz CT molecular complexity index is 220. The maximum atomic E-state index is 5.14. The summed E-state index contributed by atoms with van der Waals surface area (Å²) in [6.45, 7) is 3.54. The van der Waals surface area contributed by atoms with E-state index in [1.807, 2.05) is 0 Å². The summed E-state index contributed by atoms with van der Waals surface area (Å²) in [4.78, 5) is 4.81. The Kier molecular flexibility index (Phi) is 3.57. The number of thiocarbonyl (C=S) groups is 1. The highest BCUT2D eigenvalue weighted by Crippen LogP contribution is 2.23. The Hall–Kier alpha value is 0.0700. The van der Waals surface area contributed by atoms with Crippen LogP contribution in [0.2, 0.25) is 0 Å². The van der Waals surface area contributed by atoms with E-state index in [2.05, 4.69) is 9.80 Å². The molecular weight excluding hydrogens is 212 g/mol. The van der Waals surface area contributed by atoms with Gasteiger partial charge in [-0.15, -0.1) is 0 Å².